The smallest absolute Gasteiger partial charge is 0.316 e. The van der Waals surface area contributed by atoms with Crippen LogP contribution in [0.1, 0.15) is 46.0 Å². The van der Waals surface area contributed by atoms with Crippen molar-refractivity contribution < 1.29 is 9.53 Å². The standard InChI is InChI=1S/C12H21BrO2/c1-3-9(2)10-4-6-11(7-5-10)15-12(14)8-13/h9-11H,3-8H2,1-2H3. The highest BCUT2D eigenvalue weighted by Crippen LogP contribution is 2.32. The minimum absolute atomic E-state index is 0.123. The molecule has 0 amide bonds. The maximum atomic E-state index is 11.1. The molecule has 1 unspecified atom stereocenters. The van der Waals surface area contributed by atoms with E-state index in [1.54, 1.807) is 0 Å². The van der Waals surface area contributed by atoms with Gasteiger partial charge in [-0.3, -0.25) is 4.79 Å². The lowest BCUT2D eigenvalue weighted by atomic mass is 9.79. The minimum atomic E-state index is -0.123. The molecule has 1 aliphatic rings. The molecule has 88 valence electrons. The van der Waals surface area contributed by atoms with Gasteiger partial charge in [-0.15, -0.1) is 0 Å². The summed E-state index contributed by atoms with van der Waals surface area (Å²) < 4.78 is 5.32. The Balaban J connectivity index is 2.26. The molecule has 3 heteroatoms. The number of esters is 1. The third-order valence-electron chi connectivity index (χ3n) is 3.57. The number of ether oxygens (including phenoxy) is 1. The van der Waals surface area contributed by atoms with Crippen LogP contribution in [0.3, 0.4) is 0 Å². The van der Waals surface area contributed by atoms with Crippen LogP contribution in [0.2, 0.25) is 0 Å². The number of alkyl halides is 1. The van der Waals surface area contributed by atoms with Crippen LogP contribution in [0.5, 0.6) is 0 Å². The van der Waals surface area contributed by atoms with E-state index in [1.807, 2.05) is 0 Å². The second kappa shape index (κ2) is 6.51. The molecule has 0 spiro atoms. The van der Waals surface area contributed by atoms with Crippen LogP contribution < -0.4 is 0 Å². The Hall–Kier alpha value is -0.0500. The van der Waals surface area contributed by atoms with Crippen molar-refractivity contribution in [2.75, 3.05) is 5.33 Å². The third kappa shape index (κ3) is 4.13. The number of carbonyl (C=O) groups is 1. The Labute approximate surface area is 101 Å². The molecule has 1 atom stereocenters. The second-order valence-electron chi connectivity index (χ2n) is 4.55. The van der Waals surface area contributed by atoms with Crippen molar-refractivity contribution in [3.63, 3.8) is 0 Å². The first-order chi connectivity index (χ1) is 7.17. The molecule has 1 saturated carbocycles. The van der Waals surface area contributed by atoms with Crippen LogP contribution in [-0.2, 0) is 9.53 Å². The van der Waals surface area contributed by atoms with Gasteiger partial charge in [0.15, 0.2) is 0 Å². The highest BCUT2D eigenvalue weighted by Gasteiger charge is 2.26. The lowest BCUT2D eigenvalue weighted by molar-refractivity contribution is -0.147. The molecule has 2 nitrogen and oxygen atoms in total. The van der Waals surface area contributed by atoms with Crippen molar-refractivity contribution in [1.29, 1.82) is 0 Å². The average molecular weight is 277 g/mol. The van der Waals surface area contributed by atoms with Crippen LogP contribution in [0.4, 0.5) is 0 Å². The molecule has 0 heterocycles. The maximum absolute atomic E-state index is 11.1. The van der Waals surface area contributed by atoms with Gasteiger partial charge in [-0.05, 0) is 37.5 Å². The Morgan fingerprint density at radius 1 is 1.40 bits per heavy atom. The fourth-order valence-electron chi connectivity index (χ4n) is 2.33. The van der Waals surface area contributed by atoms with Crippen LogP contribution in [0, 0.1) is 11.8 Å². The monoisotopic (exact) mass is 276 g/mol. The van der Waals surface area contributed by atoms with Gasteiger partial charge in [0.05, 0.1) is 0 Å². The fourth-order valence-corrected chi connectivity index (χ4v) is 2.46. The van der Waals surface area contributed by atoms with Crippen molar-refractivity contribution in [3.8, 4) is 0 Å². The van der Waals surface area contributed by atoms with Crippen LogP contribution in [0.25, 0.3) is 0 Å². The number of carbonyl (C=O) groups excluding carboxylic acids is 1. The molecule has 0 aromatic heterocycles. The summed E-state index contributed by atoms with van der Waals surface area (Å²) in [5, 5.41) is 0.318. The first-order valence-corrected chi connectivity index (χ1v) is 7.05. The van der Waals surface area contributed by atoms with Gasteiger partial charge in [-0.1, -0.05) is 36.2 Å². The predicted octanol–water partition coefficient (Wildman–Crippen LogP) is 3.53. The summed E-state index contributed by atoms with van der Waals surface area (Å²) in [5.41, 5.74) is 0. The van der Waals surface area contributed by atoms with E-state index >= 15 is 0 Å². The van der Waals surface area contributed by atoms with E-state index < -0.39 is 0 Å². The molecule has 1 aliphatic carbocycles. The van der Waals surface area contributed by atoms with E-state index in [0.29, 0.717) is 5.33 Å². The first-order valence-electron chi connectivity index (χ1n) is 5.92. The van der Waals surface area contributed by atoms with E-state index in [-0.39, 0.29) is 12.1 Å². The molecule has 0 aliphatic heterocycles. The molecule has 0 aromatic carbocycles. The summed E-state index contributed by atoms with van der Waals surface area (Å²) in [5.74, 6) is 1.54. The molecule has 0 N–H and O–H groups in total. The molecular formula is C12H21BrO2. The van der Waals surface area contributed by atoms with E-state index in [9.17, 15) is 4.79 Å². The summed E-state index contributed by atoms with van der Waals surface area (Å²) >= 11 is 3.11. The molecule has 15 heavy (non-hydrogen) atoms. The Morgan fingerprint density at radius 3 is 2.47 bits per heavy atom. The van der Waals surface area contributed by atoms with Crippen LogP contribution in [-0.4, -0.2) is 17.4 Å². The molecule has 0 radical (unpaired) electrons. The quantitative estimate of drug-likeness (QED) is 0.580. The van der Waals surface area contributed by atoms with Gasteiger partial charge < -0.3 is 4.74 Å². The summed E-state index contributed by atoms with van der Waals surface area (Å²) in [6, 6.07) is 0. The lowest BCUT2D eigenvalue weighted by Crippen LogP contribution is -2.27. The predicted molar refractivity (Wildman–Crippen MR) is 65.1 cm³/mol. The first kappa shape index (κ1) is 13.0. The summed E-state index contributed by atoms with van der Waals surface area (Å²) in [7, 11) is 0. The van der Waals surface area contributed by atoms with E-state index in [4.69, 9.17) is 4.74 Å². The van der Waals surface area contributed by atoms with Crippen molar-refractivity contribution in [3.05, 3.63) is 0 Å². The lowest BCUT2D eigenvalue weighted by Gasteiger charge is -2.31. The largest absolute Gasteiger partial charge is 0.462 e. The van der Waals surface area contributed by atoms with Gasteiger partial charge in [0.25, 0.3) is 0 Å². The number of rotatable bonds is 4. The van der Waals surface area contributed by atoms with Crippen LogP contribution >= 0.6 is 15.9 Å². The van der Waals surface area contributed by atoms with Crippen molar-refractivity contribution in [1.82, 2.24) is 0 Å². The summed E-state index contributed by atoms with van der Waals surface area (Å²) in [6.07, 6.45) is 5.97. The molecule has 0 bridgehead atoms. The summed E-state index contributed by atoms with van der Waals surface area (Å²) in [4.78, 5) is 11.1. The van der Waals surface area contributed by atoms with E-state index in [0.717, 1.165) is 24.7 Å². The van der Waals surface area contributed by atoms with Gasteiger partial charge in [-0.2, -0.15) is 0 Å². The van der Waals surface area contributed by atoms with E-state index in [2.05, 4.69) is 29.8 Å². The SMILES string of the molecule is CCC(C)C1CCC(OC(=O)CBr)CC1. The minimum Gasteiger partial charge on any atom is -0.462 e. The zero-order valence-electron chi connectivity index (χ0n) is 9.67. The van der Waals surface area contributed by atoms with Crippen molar-refractivity contribution in [2.45, 2.75) is 52.1 Å². The zero-order valence-corrected chi connectivity index (χ0v) is 11.3. The van der Waals surface area contributed by atoms with Crippen LogP contribution in [0.15, 0.2) is 0 Å². The van der Waals surface area contributed by atoms with Gasteiger partial charge in [-0.25, -0.2) is 0 Å². The maximum Gasteiger partial charge on any atom is 0.316 e. The van der Waals surface area contributed by atoms with Crippen molar-refractivity contribution >= 4 is 21.9 Å². The Bertz CT molecular complexity index is 198. The number of halogens is 1. The normalized spacial score (nSPS) is 28.5. The number of hydrogen-bond acceptors (Lipinski definition) is 2. The molecule has 0 aromatic rings. The van der Waals surface area contributed by atoms with E-state index in [1.165, 1.54) is 19.3 Å². The topological polar surface area (TPSA) is 26.3 Å². The molecule has 0 saturated heterocycles. The van der Waals surface area contributed by atoms with Crippen molar-refractivity contribution in [2.24, 2.45) is 11.8 Å². The molecular weight excluding hydrogens is 256 g/mol. The molecule has 1 fully saturated rings. The second-order valence-corrected chi connectivity index (χ2v) is 5.11. The van der Waals surface area contributed by atoms with Gasteiger partial charge in [0.1, 0.15) is 11.4 Å². The summed E-state index contributed by atoms with van der Waals surface area (Å²) in [6.45, 7) is 4.58. The highest BCUT2D eigenvalue weighted by molar-refractivity contribution is 9.09. The average Bonchev–Trinajstić information content (AvgIpc) is 2.29. The molecule has 1 rings (SSSR count). The van der Waals surface area contributed by atoms with Gasteiger partial charge in [0.2, 0.25) is 0 Å². The fraction of sp³-hybridized carbons (Fsp3) is 0.917. The number of hydrogen-bond donors (Lipinski definition) is 0. The Kier molecular flexibility index (Phi) is 5.65. The Morgan fingerprint density at radius 2 is 2.00 bits per heavy atom. The highest BCUT2D eigenvalue weighted by atomic mass is 79.9. The van der Waals surface area contributed by atoms with Gasteiger partial charge in [0, 0.05) is 0 Å². The zero-order chi connectivity index (χ0) is 11.3. The third-order valence-corrected chi connectivity index (χ3v) is 4.03. The van der Waals surface area contributed by atoms with Gasteiger partial charge >= 0.3 is 5.97 Å².